The summed E-state index contributed by atoms with van der Waals surface area (Å²) >= 11 is 8.14. The van der Waals surface area contributed by atoms with Gasteiger partial charge >= 0.3 is 0 Å². The Kier molecular flexibility index (Phi) is 3.72. The van der Waals surface area contributed by atoms with Gasteiger partial charge in [-0.15, -0.1) is 11.3 Å². The van der Waals surface area contributed by atoms with Crippen molar-refractivity contribution in [3.05, 3.63) is 45.6 Å². The molecule has 2 aromatic heterocycles. The number of aromatic nitrogens is 2. The van der Waals surface area contributed by atoms with Crippen LogP contribution in [0.15, 0.2) is 24.3 Å². The van der Waals surface area contributed by atoms with Gasteiger partial charge in [0.1, 0.15) is 10.6 Å². The van der Waals surface area contributed by atoms with E-state index < -0.39 is 0 Å². The van der Waals surface area contributed by atoms with Crippen molar-refractivity contribution in [3.63, 3.8) is 0 Å². The van der Waals surface area contributed by atoms with Crippen LogP contribution >= 0.6 is 22.9 Å². The predicted molar refractivity (Wildman–Crippen MR) is 105 cm³/mol. The van der Waals surface area contributed by atoms with Gasteiger partial charge in [-0.25, -0.2) is 4.98 Å². The summed E-state index contributed by atoms with van der Waals surface area (Å²) < 4.78 is 0. The minimum atomic E-state index is 0.359. The zero-order valence-electron chi connectivity index (χ0n) is 14.3. The average Bonchev–Trinajstić information content (AvgIpc) is 2.97. The van der Waals surface area contributed by atoms with Crippen molar-refractivity contribution < 1.29 is 0 Å². The number of anilines is 2. The Morgan fingerprint density at radius 2 is 2.08 bits per heavy atom. The first-order chi connectivity index (χ1) is 12.2. The Balaban J connectivity index is 1.74. The molecular formula is C20H20ClN3S. The molecule has 1 aromatic carbocycles. The van der Waals surface area contributed by atoms with E-state index in [-0.39, 0.29) is 0 Å². The van der Waals surface area contributed by atoms with E-state index >= 15 is 0 Å². The number of para-hydroxylation sites is 1. The van der Waals surface area contributed by atoms with Gasteiger partial charge in [0.2, 0.25) is 5.28 Å². The molecule has 3 heterocycles. The first-order valence-electron chi connectivity index (χ1n) is 9.04. The van der Waals surface area contributed by atoms with Crippen LogP contribution in [-0.2, 0) is 19.3 Å². The van der Waals surface area contributed by atoms with E-state index in [1.807, 2.05) is 11.3 Å². The maximum Gasteiger partial charge on any atom is 0.225 e. The molecule has 5 heteroatoms. The van der Waals surface area contributed by atoms with Crippen molar-refractivity contribution >= 4 is 44.7 Å². The van der Waals surface area contributed by atoms with Gasteiger partial charge in [0.15, 0.2) is 0 Å². The Morgan fingerprint density at radius 1 is 1.20 bits per heavy atom. The third-order valence-corrected chi connectivity index (χ3v) is 6.79. The third-order valence-electron chi connectivity index (χ3n) is 5.47. The number of rotatable bonds is 1. The molecule has 25 heavy (non-hydrogen) atoms. The van der Waals surface area contributed by atoms with Crippen LogP contribution in [0.25, 0.3) is 10.2 Å². The van der Waals surface area contributed by atoms with E-state index in [9.17, 15) is 0 Å². The Hall–Kier alpha value is -1.65. The van der Waals surface area contributed by atoms with Crippen LogP contribution in [0.2, 0.25) is 5.28 Å². The zero-order chi connectivity index (χ0) is 17.0. The molecule has 5 rings (SSSR count). The van der Waals surface area contributed by atoms with E-state index in [1.54, 1.807) is 0 Å². The smallest absolute Gasteiger partial charge is 0.225 e. The van der Waals surface area contributed by atoms with Gasteiger partial charge in [-0.2, -0.15) is 4.98 Å². The summed E-state index contributed by atoms with van der Waals surface area (Å²) in [7, 11) is 0. The lowest BCUT2D eigenvalue weighted by Gasteiger charge is -2.31. The topological polar surface area (TPSA) is 29.0 Å². The highest BCUT2D eigenvalue weighted by atomic mass is 35.5. The number of benzene rings is 1. The molecule has 1 aliphatic heterocycles. The maximum absolute atomic E-state index is 6.32. The second kappa shape index (κ2) is 5.96. The molecule has 0 radical (unpaired) electrons. The van der Waals surface area contributed by atoms with Crippen molar-refractivity contribution in [2.75, 3.05) is 11.4 Å². The summed E-state index contributed by atoms with van der Waals surface area (Å²) in [5, 5.41) is 1.60. The SMILES string of the molecule is CC1CCc2c(sc3nc(Cl)nc(N4CCCc5ccccc54)c23)C1. The first-order valence-corrected chi connectivity index (χ1v) is 10.2. The highest BCUT2D eigenvalue weighted by Crippen LogP contribution is 2.44. The Bertz CT molecular complexity index is 965. The molecular weight excluding hydrogens is 350 g/mol. The van der Waals surface area contributed by atoms with E-state index in [4.69, 9.17) is 16.6 Å². The largest absolute Gasteiger partial charge is 0.325 e. The van der Waals surface area contributed by atoms with Crippen molar-refractivity contribution in [3.8, 4) is 0 Å². The van der Waals surface area contributed by atoms with Crippen LogP contribution in [0.5, 0.6) is 0 Å². The lowest BCUT2D eigenvalue weighted by Crippen LogP contribution is -2.25. The van der Waals surface area contributed by atoms with Gasteiger partial charge in [-0.1, -0.05) is 25.1 Å². The van der Waals surface area contributed by atoms with Crippen molar-refractivity contribution in [1.82, 2.24) is 9.97 Å². The summed E-state index contributed by atoms with van der Waals surface area (Å²) in [6.07, 6.45) is 5.81. The number of hydrogen-bond acceptors (Lipinski definition) is 4. The standard InChI is InChI=1S/C20H20ClN3S/c1-12-8-9-14-16(11-12)25-19-17(14)18(22-20(21)23-19)24-10-4-6-13-5-2-3-7-15(13)24/h2-3,5,7,12H,4,6,8-11H2,1H3. The van der Waals surface area contributed by atoms with E-state index in [2.05, 4.69) is 41.1 Å². The molecule has 0 amide bonds. The average molecular weight is 370 g/mol. The van der Waals surface area contributed by atoms with Crippen molar-refractivity contribution in [1.29, 1.82) is 0 Å². The minimum Gasteiger partial charge on any atom is -0.325 e. The van der Waals surface area contributed by atoms with Crippen LogP contribution in [0.1, 0.15) is 35.8 Å². The molecule has 0 saturated carbocycles. The molecule has 0 N–H and O–H groups in total. The second-order valence-electron chi connectivity index (χ2n) is 7.23. The van der Waals surface area contributed by atoms with E-state index in [0.29, 0.717) is 5.28 Å². The van der Waals surface area contributed by atoms with Gasteiger partial charge in [-0.05, 0) is 66.8 Å². The summed E-state index contributed by atoms with van der Waals surface area (Å²) in [5.74, 6) is 1.76. The lowest BCUT2D eigenvalue weighted by atomic mass is 9.89. The zero-order valence-corrected chi connectivity index (χ0v) is 15.8. The fourth-order valence-electron chi connectivity index (χ4n) is 4.25. The fraction of sp³-hybridized carbons (Fsp3) is 0.400. The molecule has 2 aliphatic rings. The highest BCUT2D eigenvalue weighted by molar-refractivity contribution is 7.19. The van der Waals surface area contributed by atoms with Gasteiger partial charge < -0.3 is 4.90 Å². The molecule has 0 saturated heterocycles. The van der Waals surface area contributed by atoms with Gasteiger partial charge in [0.25, 0.3) is 0 Å². The fourth-order valence-corrected chi connectivity index (χ4v) is 5.84. The van der Waals surface area contributed by atoms with E-state index in [0.717, 1.165) is 48.8 Å². The predicted octanol–water partition coefficient (Wildman–Crippen LogP) is 5.55. The first kappa shape index (κ1) is 15.6. The van der Waals surface area contributed by atoms with Crippen molar-refractivity contribution in [2.24, 2.45) is 5.92 Å². The maximum atomic E-state index is 6.32. The summed E-state index contributed by atoms with van der Waals surface area (Å²) in [6.45, 7) is 3.33. The molecule has 0 bridgehead atoms. The molecule has 0 fully saturated rings. The summed E-state index contributed by atoms with van der Waals surface area (Å²) in [5.41, 5.74) is 4.14. The molecule has 1 unspecified atom stereocenters. The van der Waals surface area contributed by atoms with Crippen LogP contribution in [0, 0.1) is 5.92 Å². The second-order valence-corrected chi connectivity index (χ2v) is 8.65. The molecule has 1 aliphatic carbocycles. The molecule has 3 aromatic rings. The van der Waals surface area contributed by atoms with Crippen LogP contribution < -0.4 is 4.90 Å². The van der Waals surface area contributed by atoms with Crippen LogP contribution in [-0.4, -0.2) is 16.5 Å². The molecule has 1 atom stereocenters. The minimum absolute atomic E-state index is 0.359. The number of hydrogen-bond donors (Lipinski definition) is 0. The highest BCUT2D eigenvalue weighted by Gasteiger charge is 2.28. The normalized spacial score (nSPS) is 19.8. The number of nitrogens with zero attached hydrogens (tertiary/aromatic N) is 3. The number of thiophene rings is 1. The third kappa shape index (κ3) is 2.54. The van der Waals surface area contributed by atoms with E-state index in [1.165, 1.54) is 33.5 Å². The molecule has 128 valence electrons. The van der Waals surface area contributed by atoms with Crippen molar-refractivity contribution in [2.45, 2.75) is 39.0 Å². The Morgan fingerprint density at radius 3 is 3.00 bits per heavy atom. The van der Waals surface area contributed by atoms with Gasteiger partial charge in [0, 0.05) is 17.1 Å². The number of aryl methyl sites for hydroxylation is 2. The van der Waals surface area contributed by atoms with Gasteiger partial charge in [-0.3, -0.25) is 0 Å². The summed E-state index contributed by atoms with van der Waals surface area (Å²) in [4.78, 5) is 14.2. The monoisotopic (exact) mass is 369 g/mol. The molecule has 0 spiro atoms. The quantitative estimate of drug-likeness (QED) is 0.526. The lowest BCUT2D eigenvalue weighted by molar-refractivity contribution is 0.509. The van der Waals surface area contributed by atoms with Crippen LogP contribution in [0.4, 0.5) is 11.5 Å². The molecule has 3 nitrogen and oxygen atoms in total. The number of fused-ring (bicyclic) bond motifs is 4. The number of halogens is 1. The van der Waals surface area contributed by atoms with Gasteiger partial charge in [0.05, 0.1) is 5.39 Å². The Labute approximate surface area is 156 Å². The van der Waals surface area contributed by atoms with Crippen LogP contribution in [0.3, 0.4) is 0 Å². The summed E-state index contributed by atoms with van der Waals surface area (Å²) in [6, 6.07) is 8.67.